The third-order valence-electron chi connectivity index (χ3n) is 7.05. The average molecular weight is 503 g/mol. The molecule has 5 rings (SSSR count). The number of ether oxygens (including phenoxy) is 3. The van der Waals surface area contributed by atoms with Crippen LogP contribution in [0.15, 0.2) is 48.5 Å². The quantitative estimate of drug-likeness (QED) is 0.405. The third kappa shape index (κ3) is 5.23. The fourth-order valence-corrected chi connectivity index (χ4v) is 5.29. The highest BCUT2D eigenvalue weighted by Gasteiger charge is 2.30. The van der Waals surface area contributed by atoms with Gasteiger partial charge in [-0.2, -0.15) is 0 Å². The number of aryl methyl sites for hydroxylation is 2. The number of hydrogen-bond acceptors (Lipinski definition) is 6. The summed E-state index contributed by atoms with van der Waals surface area (Å²) in [5, 5.41) is 12.7. The molecule has 0 amide bonds. The molecule has 2 N–H and O–H groups in total. The van der Waals surface area contributed by atoms with Gasteiger partial charge in [0.15, 0.2) is 0 Å². The van der Waals surface area contributed by atoms with Crippen molar-refractivity contribution in [2.75, 3.05) is 45.8 Å². The fourth-order valence-electron chi connectivity index (χ4n) is 5.29. The van der Waals surface area contributed by atoms with E-state index in [4.69, 9.17) is 19.3 Å². The molecule has 7 nitrogen and oxygen atoms in total. The first kappa shape index (κ1) is 25.0. The van der Waals surface area contributed by atoms with Crippen LogP contribution in [0.1, 0.15) is 40.6 Å². The number of likely N-dealkylation sites (N-methyl/N-ethyl adjacent to an activating group) is 1. The Kier molecular flexibility index (Phi) is 6.98. The summed E-state index contributed by atoms with van der Waals surface area (Å²) in [5.74, 6) is 1.64. The second kappa shape index (κ2) is 10.3. The number of rotatable bonds is 9. The molecule has 0 saturated heterocycles. The van der Waals surface area contributed by atoms with E-state index >= 15 is 0 Å². The van der Waals surface area contributed by atoms with Crippen LogP contribution in [0.5, 0.6) is 17.2 Å². The third-order valence-corrected chi connectivity index (χ3v) is 7.05. The molecule has 0 aliphatic carbocycles. The van der Waals surface area contributed by atoms with Crippen LogP contribution in [0.3, 0.4) is 0 Å². The molecular formula is C30H34N2O5. The summed E-state index contributed by atoms with van der Waals surface area (Å²) in [7, 11) is 4.08. The number of carboxylic acids is 1. The van der Waals surface area contributed by atoms with Crippen molar-refractivity contribution in [2.24, 2.45) is 0 Å². The van der Waals surface area contributed by atoms with Gasteiger partial charge in [-0.15, -0.1) is 0 Å². The van der Waals surface area contributed by atoms with E-state index < -0.39 is 5.97 Å². The molecular weight excluding hydrogens is 468 g/mol. The predicted octanol–water partition coefficient (Wildman–Crippen LogP) is 5.41. The predicted molar refractivity (Wildman–Crippen MR) is 144 cm³/mol. The highest BCUT2D eigenvalue weighted by Crippen LogP contribution is 2.45. The van der Waals surface area contributed by atoms with Crippen LogP contribution in [0.4, 0.5) is 5.69 Å². The Morgan fingerprint density at radius 3 is 2.57 bits per heavy atom. The SMILES string of the molecule is Cc1cc(OCCN(C)C)cc(C)c1-c1cccc2c1OCC2Nc1ccc2c(c1)OCC2CC(=O)O. The molecule has 0 fully saturated rings. The molecule has 2 heterocycles. The van der Waals surface area contributed by atoms with Crippen molar-refractivity contribution < 1.29 is 24.1 Å². The summed E-state index contributed by atoms with van der Waals surface area (Å²) in [5.41, 5.74) is 7.57. The van der Waals surface area contributed by atoms with Crippen molar-refractivity contribution in [2.45, 2.75) is 32.2 Å². The minimum absolute atomic E-state index is 0.00141. The molecule has 2 unspecified atom stereocenters. The van der Waals surface area contributed by atoms with Crippen LogP contribution in [-0.4, -0.2) is 56.4 Å². The van der Waals surface area contributed by atoms with E-state index in [-0.39, 0.29) is 18.4 Å². The van der Waals surface area contributed by atoms with Crippen LogP contribution >= 0.6 is 0 Å². The number of benzene rings is 3. The van der Waals surface area contributed by atoms with Gasteiger partial charge in [-0.1, -0.05) is 24.3 Å². The molecule has 0 radical (unpaired) electrons. The summed E-state index contributed by atoms with van der Waals surface area (Å²) >= 11 is 0. The lowest BCUT2D eigenvalue weighted by Gasteiger charge is -2.17. The second-order valence-corrected chi connectivity index (χ2v) is 10.2. The van der Waals surface area contributed by atoms with Crippen molar-refractivity contribution in [3.63, 3.8) is 0 Å². The van der Waals surface area contributed by atoms with Gasteiger partial charge in [-0.3, -0.25) is 4.79 Å². The van der Waals surface area contributed by atoms with Gasteiger partial charge in [0.25, 0.3) is 0 Å². The highest BCUT2D eigenvalue weighted by atomic mass is 16.5. The first-order valence-corrected chi connectivity index (χ1v) is 12.7. The number of carbonyl (C=O) groups is 1. The lowest BCUT2D eigenvalue weighted by atomic mass is 9.92. The summed E-state index contributed by atoms with van der Waals surface area (Å²) in [6.07, 6.45) is 0.0778. The van der Waals surface area contributed by atoms with Crippen molar-refractivity contribution in [3.8, 4) is 28.4 Å². The summed E-state index contributed by atoms with van der Waals surface area (Å²) < 4.78 is 18.0. The molecule has 0 aromatic heterocycles. The summed E-state index contributed by atoms with van der Waals surface area (Å²) in [6.45, 7) is 6.68. The lowest BCUT2D eigenvalue weighted by molar-refractivity contribution is -0.137. The number of nitrogens with zero attached hydrogens (tertiary/aromatic N) is 1. The van der Waals surface area contributed by atoms with Crippen molar-refractivity contribution >= 4 is 11.7 Å². The van der Waals surface area contributed by atoms with Gasteiger partial charge in [0.2, 0.25) is 0 Å². The molecule has 0 saturated carbocycles. The Bertz CT molecular complexity index is 1300. The highest BCUT2D eigenvalue weighted by molar-refractivity contribution is 5.79. The van der Waals surface area contributed by atoms with Crippen molar-refractivity contribution in [1.82, 2.24) is 4.90 Å². The van der Waals surface area contributed by atoms with E-state index in [0.717, 1.165) is 57.3 Å². The second-order valence-electron chi connectivity index (χ2n) is 10.2. The molecule has 194 valence electrons. The van der Waals surface area contributed by atoms with Crippen LogP contribution in [0.25, 0.3) is 11.1 Å². The summed E-state index contributed by atoms with van der Waals surface area (Å²) in [4.78, 5) is 13.2. The zero-order valence-electron chi connectivity index (χ0n) is 21.8. The van der Waals surface area contributed by atoms with E-state index in [0.29, 0.717) is 19.8 Å². The lowest BCUT2D eigenvalue weighted by Crippen LogP contribution is -2.19. The first-order chi connectivity index (χ1) is 17.8. The van der Waals surface area contributed by atoms with Gasteiger partial charge >= 0.3 is 5.97 Å². The number of carboxylic acid groups (broad SMARTS) is 1. The van der Waals surface area contributed by atoms with Gasteiger partial charge in [-0.25, -0.2) is 0 Å². The molecule has 2 aliphatic rings. The van der Waals surface area contributed by atoms with Gasteiger partial charge in [0.05, 0.1) is 19.1 Å². The maximum Gasteiger partial charge on any atom is 0.304 e. The van der Waals surface area contributed by atoms with Crippen molar-refractivity contribution in [1.29, 1.82) is 0 Å². The Labute approximate surface area is 218 Å². The van der Waals surface area contributed by atoms with Gasteiger partial charge in [-0.05, 0) is 62.8 Å². The van der Waals surface area contributed by atoms with E-state index in [1.165, 1.54) is 5.56 Å². The monoisotopic (exact) mass is 502 g/mol. The number of fused-ring (bicyclic) bond motifs is 2. The first-order valence-electron chi connectivity index (χ1n) is 12.7. The molecule has 0 bridgehead atoms. The van der Waals surface area contributed by atoms with Crippen LogP contribution < -0.4 is 19.5 Å². The minimum atomic E-state index is -0.809. The molecule has 3 aromatic carbocycles. The van der Waals surface area contributed by atoms with Gasteiger partial charge < -0.3 is 29.5 Å². The van der Waals surface area contributed by atoms with E-state index in [2.05, 4.69) is 54.4 Å². The smallest absolute Gasteiger partial charge is 0.304 e. The zero-order valence-corrected chi connectivity index (χ0v) is 21.8. The summed E-state index contributed by atoms with van der Waals surface area (Å²) in [6, 6.07) is 16.4. The maximum absolute atomic E-state index is 11.1. The Balaban J connectivity index is 1.36. The Hall–Kier alpha value is -3.71. The number of anilines is 1. The molecule has 37 heavy (non-hydrogen) atoms. The maximum atomic E-state index is 11.1. The number of nitrogens with one attached hydrogen (secondary N) is 1. The normalized spacial score (nSPS) is 17.6. The topological polar surface area (TPSA) is 80.3 Å². The average Bonchev–Trinajstić information content (AvgIpc) is 3.42. The van der Waals surface area contributed by atoms with Crippen LogP contribution in [-0.2, 0) is 4.79 Å². The number of para-hydroxylation sites is 1. The van der Waals surface area contributed by atoms with Gasteiger partial charge in [0, 0.05) is 40.9 Å². The molecule has 7 heteroatoms. The van der Waals surface area contributed by atoms with Crippen molar-refractivity contribution in [3.05, 3.63) is 70.8 Å². The standard InChI is InChI=1S/C30H34N2O5/c1-18-12-22(35-11-10-32(3)4)13-19(2)29(18)25-7-5-6-24-26(17-37-30(24)25)31-21-8-9-23-20(14-28(33)34)16-36-27(23)15-21/h5-9,12-13,15,20,26,31H,10-11,14,16-17H2,1-4H3,(H,33,34). The number of hydrogen-bond donors (Lipinski definition) is 2. The minimum Gasteiger partial charge on any atom is -0.493 e. The number of aliphatic carboxylic acids is 1. The Morgan fingerprint density at radius 2 is 1.84 bits per heavy atom. The van der Waals surface area contributed by atoms with E-state index in [1.54, 1.807) is 0 Å². The van der Waals surface area contributed by atoms with E-state index in [1.807, 2.05) is 32.3 Å². The molecule has 2 aliphatic heterocycles. The molecule has 2 atom stereocenters. The fraction of sp³-hybridized carbons (Fsp3) is 0.367. The zero-order chi connectivity index (χ0) is 26.1. The molecule has 3 aromatic rings. The van der Waals surface area contributed by atoms with Gasteiger partial charge in [0.1, 0.15) is 30.5 Å². The largest absolute Gasteiger partial charge is 0.493 e. The van der Waals surface area contributed by atoms with Crippen LogP contribution in [0.2, 0.25) is 0 Å². The molecule has 0 spiro atoms. The van der Waals surface area contributed by atoms with E-state index in [9.17, 15) is 4.79 Å². The van der Waals surface area contributed by atoms with Crippen LogP contribution in [0, 0.1) is 13.8 Å². The Morgan fingerprint density at radius 1 is 1.05 bits per heavy atom.